The largest absolute Gasteiger partial charge is 0.486 e. The zero-order valence-corrected chi connectivity index (χ0v) is 17.3. The summed E-state index contributed by atoms with van der Waals surface area (Å²) in [4.78, 5) is 26.5. The quantitative estimate of drug-likeness (QED) is 0.633. The highest BCUT2D eigenvalue weighted by molar-refractivity contribution is 5.95. The first-order valence-electron chi connectivity index (χ1n) is 10.2. The first-order chi connectivity index (χ1) is 15.1. The fourth-order valence-corrected chi connectivity index (χ4v) is 3.36. The Labute approximate surface area is 180 Å². The standard InChI is InChI=1S/C24H24N2O5/c1-2-26(15-23(27)25-19-8-10-21-22(14-19)30-12-11-29-21)24(28)16-31-20-9-7-17-5-3-4-6-18(17)13-20/h3-10,13-14H,2,11-12,15-16H2,1H3,(H,25,27). The Bertz CT molecular complexity index is 1100. The number of likely N-dealkylation sites (N-methyl/N-ethyl adjacent to an activating group) is 1. The fraction of sp³-hybridized carbons (Fsp3) is 0.250. The summed E-state index contributed by atoms with van der Waals surface area (Å²) in [5, 5.41) is 4.94. The molecule has 0 fully saturated rings. The van der Waals surface area contributed by atoms with E-state index in [1.807, 2.05) is 49.4 Å². The summed E-state index contributed by atoms with van der Waals surface area (Å²) in [6.07, 6.45) is 0. The van der Waals surface area contributed by atoms with Crippen LogP contribution >= 0.6 is 0 Å². The number of rotatable bonds is 7. The Morgan fingerprint density at radius 1 is 0.968 bits per heavy atom. The van der Waals surface area contributed by atoms with Gasteiger partial charge in [-0.15, -0.1) is 0 Å². The molecule has 2 amide bonds. The minimum absolute atomic E-state index is 0.0646. The molecule has 4 rings (SSSR count). The highest BCUT2D eigenvalue weighted by atomic mass is 16.6. The van der Waals surface area contributed by atoms with E-state index in [0.29, 0.717) is 42.7 Å². The van der Waals surface area contributed by atoms with Crippen LogP contribution in [0.25, 0.3) is 10.8 Å². The predicted molar refractivity (Wildman–Crippen MR) is 118 cm³/mol. The number of amides is 2. The first-order valence-corrected chi connectivity index (χ1v) is 10.2. The summed E-state index contributed by atoms with van der Waals surface area (Å²) in [5.74, 6) is 1.31. The number of nitrogens with one attached hydrogen (secondary N) is 1. The highest BCUT2D eigenvalue weighted by Gasteiger charge is 2.18. The van der Waals surface area contributed by atoms with E-state index in [0.717, 1.165) is 10.8 Å². The summed E-state index contributed by atoms with van der Waals surface area (Å²) in [6, 6.07) is 18.8. The van der Waals surface area contributed by atoms with Crippen molar-refractivity contribution in [2.24, 2.45) is 0 Å². The van der Waals surface area contributed by atoms with Gasteiger partial charge in [-0.3, -0.25) is 9.59 Å². The third kappa shape index (κ3) is 5.06. The van der Waals surface area contributed by atoms with Crippen LogP contribution in [0.3, 0.4) is 0 Å². The normalized spacial score (nSPS) is 12.3. The molecule has 0 aromatic heterocycles. The maximum atomic E-state index is 12.6. The van der Waals surface area contributed by atoms with Gasteiger partial charge in [-0.05, 0) is 42.0 Å². The molecule has 0 unspecified atom stereocenters. The second kappa shape index (κ2) is 9.38. The Morgan fingerprint density at radius 2 is 1.74 bits per heavy atom. The SMILES string of the molecule is CCN(CC(=O)Nc1ccc2c(c1)OCCO2)C(=O)COc1ccc2ccccc2c1. The van der Waals surface area contributed by atoms with Crippen molar-refractivity contribution in [2.45, 2.75) is 6.92 Å². The third-order valence-corrected chi connectivity index (χ3v) is 4.98. The van der Waals surface area contributed by atoms with Gasteiger partial charge in [0.15, 0.2) is 18.1 Å². The van der Waals surface area contributed by atoms with E-state index in [4.69, 9.17) is 14.2 Å². The number of hydrogen-bond donors (Lipinski definition) is 1. The van der Waals surface area contributed by atoms with Crippen molar-refractivity contribution in [1.82, 2.24) is 4.90 Å². The van der Waals surface area contributed by atoms with Crippen LogP contribution < -0.4 is 19.5 Å². The summed E-state index contributed by atoms with van der Waals surface area (Å²) >= 11 is 0. The van der Waals surface area contributed by atoms with Crippen LogP contribution in [0.1, 0.15) is 6.92 Å². The van der Waals surface area contributed by atoms with Crippen LogP contribution in [-0.4, -0.2) is 49.6 Å². The Balaban J connectivity index is 1.32. The van der Waals surface area contributed by atoms with E-state index in [-0.39, 0.29) is 25.0 Å². The molecule has 7 nitrogen and oxygen atoms in total. The van der Waals surface area contributed by atoms with Crippen LogP contribution in [0.5, 0.6) is 17.2 Å². The highest BCUT2D eigenvalue weighted by Crippen LogP contribution is 2.32. The lowest BCUT2D eigenvalue weighted by atomic mass is 10.1. The van der Waals surface area contributed by atoms with Gasteiger partial charge >= 0.3 is 0 Å². The van der Waals surface area contributed by atoms with Crippen LogP contribution in [0.4, 0.5) is 5.69 Å². The second-order valence-corrected chi connectivity index (χ2v) is 7.11. The van der Waals surface area contributed by atoms with Crippen molar-refractivity contribution in [3.63, 3.8) is 0 Å². The van der Waals surface area contributed by atoms with Crippen LogP contribution in [-0.2, 0) is 9.59 Å². The summed E-state index contributed by atoms with van der Waals surface area (Å²) in [6.45, 7) is 3.00. The molecule has 3 aromatic rings. The number of ether oxygens (including phenoxy) is 3. The van der Waals surface area contributed by atoms with Crippen molar-refractivity contribution in [1.29, 1.82) is 0 Å². The van der Waals surface area contributed by atoms with E-state index < -0.39 is 0 Å². The van der Waals surface area contributed by atoms with Crippen molar-refractivity contribution >= 4 is 28.3 Å². The van der Waals surface area contributed by atoms with E-state index in [9.17, 15) is 9.59 Å². The Morgan fingerprint density at radius 3 is 2.55 bits per heavy atom. The average Bonchev–Trinajstić information content (AvgIpc) is 2.80. The minimum Gasteiger partial charge on any atom is -0.486 e. The van der Waals surface area contributed by atoms with Crippen molar-refractivity contribution < 1.29 is 23.8 Å². The van der Waals surface area contributed by atoms with Gasteiger partial charge in [0.05, 0.1) is 6.54 Å². The van der Waals surface area contributed by atoms with Gasteiger partial charge in [0.1, 0.15) is 19.0 Å². The van der Waals surface area contributed by atoms with Crippen molar-refractivity contribution in [3.05, 3.63) is 60.7 Å². The molecule has 31 heavy (non-hydrogen) atoms. The number of fused-ring (bicyclic) bond motifs is 2. The van der Waals surface area contributed by atoms with Crippen molar-refractivity contribution in [2.75, 3.05) is 38.2 Å². The van der Waals surface area contributed by atoms with Gasteiger partial charge in [0, 0.05) is 18.3 Å². The molecule has 0 radical (unpaired) electrons. The zero-order valence-electron chi connectivity index (χ0n) is 17.3. The molecule has 0 atom stereocenters. The molecule has 0 saturated heterocycles. The predicted octanol–water partition coefficient (Wildman–Crippen LogP) is 3.48. The summed E-state index contributed by atoms with van der Waals surface area (Å²) in [5.41, 5.74) is 0.588. The Kier molecular flexibility index (Phi) is 6.21. The van der Waals surface area contributed by atoms with Crippen molar-refractivity contribution in [3.8, 4) is 17.2 Å². The maximum absolute atomic E-state index is 12.6. The molecule has 1 aliphatic rings. The number of hydrogen-bond acceptors (Lipinski definition) is 5. The van der Waals surface area contributed by atoms with E-state index in [1.54, 1.807) is 18.2 Å². The van der Waals surface area contributed by atoms with Gasteiger partial charge in [-0.25, -0.2) is 0 Å². The molecule has 7 heteroatoms. The average molecular weight is 420 g/mol. The number of anilines is 1. The molecule has 0 bridgehead atoms. The summed E-state index contributed by atoms with van der Waals surface area (Å²) in [7, 11) is 0. The van der Waals surface area contributed by atoms with Crippen LogP contribution in [0.15, 0.2) is 60.7 Å². The fourth-order valence-electron chi connectivity index (χ4n) is 3.36. The Hall–Kier alpha value is -3.74. The number of carbonyl (C=O) groups excluding carboxylic acids is 2. The molecule has 1 aliphatic heterocycles. The first kappa shape index (κ1) is 20.5. The maximum Gasteiger partial charge on any atom is 0.260 e. The monoisotopic (exact) mass is 420 g/mol. The van der Waals surface area contributed by atoms with Gasteiger partial charge < -0.3 is 24.4 Å². The third-order valence-electron chi connectivity index (χ3n) is 4.98. The van der Waals surface area contributed by atoms with Gasteiger partial charge in [-0.2, -0.15) is 0 Å². The second-order valence-electron chi connectivity index (χ2n) is 7.11. The van der Waals surface area contributed by atoms with Crippen LogP contribution in [0, 0.1) is 0 Å². The lowest BCUT2D eigenvalue weighted by Gasteiger charge is -2.21. The molecule has 0 spiro atoms. The molecule has 0 aliphatic carbocycles. The molecule has 1 N–H and O–H groups in total. The topological polar surface area (TPSA) is 77.1 Å². The van der Waals surface area contributed by atoms with Gasteiger partial charge in [0.25, 0.3) is 5.91 Å². The lowest BCUT2D eigenvalue weighted by Crippen LogP contribution is -2.40. The van der Waals surface area contributed by atoms with E-state index in [1.165, 1.54) is 4.90 Å². The molecule has 3 aromatic carbocycles. The molecule has 1 heterocycles. The zero-order chi connectivity index (χ0) is 21.6. The molecule has 0 saturated carbocycles. The van der Waals surface area contributed by atoms with Gasteiger partial charge in [0.2, 0.25) is 5.91 Å². The summed E-state index contributed by atoms with van der Waals surface area (Å²) < 4.78 is 16.7. The van der Waals surface area contributed by atoms with Gasteiger partial charge in [-0.1, -0.05) is 30.3 Å². The molecule has 160 valence electrons. The molecular weight excluding hydrogens is 396 g/mol. The number of benzene rings is 3. The number of nitrogens with zero attached hydrogens (tertiary/aromatic N) is 1. The van der Waals surface area contributed by atoms with E-state index in [2.05, 4.69) is 5.32 Å². The molecular formula is C24H24N2O5. The van der Waals surface area contributed by atoms with Crippen LogP contribution in [0.2, 0.25) is 0 Å². The lowest BCUT2D eigenvalue weighted by molar-refractivity contribution is -0.136. The smallest absolute Gasteiger partial charge is 0.260 e. The van der Waals surface area contributed by atoms with E-state index >= 15 is 0 Å². The minimum atomic E-state index is -0.294. The number of carbonyl (C=O) groups is 2.